The van der Waals surface area contributed by atoms with Crippen molar-refractivity contribution in [2.45, 2.75) is 25.8 Å². The number of benzene rings is 1. The van der Waals surface area contributed by atoms with Gasteiger partial charge in [-0.25, -0.2) is 4.99 Å². The zero-order valence-electron chi connectivity index (χ0n) is 13.5. The minimum absolute atomic E-state index is 0. The van der Waals surface area contributed by atoms with E-state index < -0.39 is 0 Å². The molecule has 0 amide bonds. The van der Waals surface area contributed by atoms with Crippen LogP contribution in [0.2, 0.25) is 0 Å². The molecule has 124 valence electrons. The van der Waals surface area contributed by atoms with Gasteiger partial charge in [-0.3, -0.25) is 4.68 Å². The number of hydrogen-bond acceptors (Lipinski definition) is 2. The smallest absolute Gasteiger partial charge is 0.198 e. The van der Waals surface area contributed by atoms with Crippen molar-refractivity contribution in [1.29, 1.82) is 0 Å². The van der Waals surface area contributed by atoms with Crippen LogP contribution in [-0.4, -0.2) is 33.7 Å². The first-order chi connectivity index (χ1) is 10.8. The second-order valence-corrected chi connectivity index (χ2v) is 5.62. The van der Waals surface area contributed by atoms with Crippen LogP contribution in [0.1, 0.15) is 25.0 Å². The predicted molar refractivity (Wildman–Crippen MR) is 105 cm³/mol. The molecule has 5 nitrogen and oxygen atoms in total. The first kappa shape index (κ1) is 17.8. The van der Waals surface area contributed by atoms with Crippen LogP contribution in [0.4, 0.5) is 5.69 Å². The summed E-state index contributed by atoms with van der Waals surface area (Å²) in [6.45, 7) is 2.79. The van der Waals surface area contributed by atoms with Crippen LogP contribution in [0.15, 0.2) is 47.6 Å². The maximum atomic E-state index is 4.82. The maximum Gasteiger partial charge on any atom is 0.198 e. The van der Waals surface area contributed by atoms with Gasteiger partial charge in [-0.2, -0.15) is 5.10 Å². The fourth-order valence-electron chi connectivity index (χ4n) is 2.69. The van der Waals surface area contributed by atoms with E-state index >= 15 is 0 Å². The standard InChI is InChI=1S/C17H23N5.HI/c1-21-16(10-11-19-21)14-18-17(22-12-6-3-7-13-22)20-15-8-4-2-5-9-15;/h2,4-5,8-11H,3,6-7,12-14H2,1H3,(H,18,20);1H. The molecule has 6 heteroatoms. The highest BCUT2D eigenvalue weighted by Crippen LogP contribution is 2.13. The van der Waals surface area contributed by atoms with Crippen LogP contribution in [0, 0.1) is 0 Å². The molecule has 0 saturated carbocycles. The van der Waals surface area contributed by atoms with Crippen LogP contribution >= 0.6 is 24.0 Å². The molecule has 2 heterocycles. The van der Waals surface area contributed by atoms with Gasteiger partial charge in [0, 0.05) is 32.0 Å². The highest BCUT2D eigenvalue weighted by molar-refractivity contribution is 14.0. The Bertz CT molecular complexity index is 617. The zero-order chi connectivity index (χ0) is 15.2. The summed E-state index contributed by atoms with van der Waals surface area (Å²) in [6, 6.07) is 12.3. The molecular weight excluding hydrogens is 401 g/mol. The second kappa shape index (κ2) is 8.90. The molecule has 0 atom stereocenters. The van der Waals surface area contributed by atoms with Crippen molar-refractivity contribution in [1.82, 2.24) is 14.7 Å². The number of hydrogen-bond donors (Lipinski definition) is 1. The Hall–Kier alpha value is -1.57. The first-order valence-corrected chi connectivity index (χ1v) is 7.91. The van der Waals surface area contributed by atoms with Gasteiger partial charge in [-0.05, 0) is 37.5 Å². The van der Waals surface area contributed by atoms with E-state index in [-0.39, 0.29) is 24.0 Å². The summed E-state index contributed by atoms with van der Waals surface area (Å²) in [5.41, 5.74) is 2.20. The molecule has 23 heavy (non-hydrogen) atoms. The number of para-hydroxylation sites is 1. The van der Waals surface area contributed by atoms with E-state index in [1.807, 2.05) is 42.2 Å². The maximum absolute atomic E-state index is 4.82. The number of guanidine groups is 1. The lowest BCUT2D eigenvalue weighted by molar-refractivity contribution is 0.340. The second-order valence-electron chi connectivity index (χ2n) is 5.62. The van der Waals surface area contributed by atoms with E-state index in [2.05, 4.69) is 27.4 Å². The molecule has 1 saturated heterocycles. The van der Waals surface area contributed by atoms with Crippen LogP contribution < -0.4 is 5.32 Å². The first-order valence-electron chi connectivity index (χ1n) is 7.91. The Balaban J connectivity index is 0.00000192. The van der Waals surface area contributed by atoms with Crippen molar-refractivity contribution >= 4 is 35.6 Å². The SMILES string of the molecule is Cn1nccc1CN=C(Nc1ccccc1)N1CCCCC1.I. The topological polar surface area (TPSA) is 45.5 Å². The Kier molecular flexibility index (Phi) is 6.88. The summed E-state index contributed by atoms with van der Waals surface area (Å²) in [5.74, 6) is 0.965. The van der Waals surface area contributed by atoms with Crippen molar-refractivity contribution in [3.05, 3.63) is 48.3 Å². The summed E-state index contributed by atoms with van der Waals surface area (Å²) in [7, 11) is 1.95. The average molecular weight is 425 g/mol. The minimum Gasteiger partial charge on any atom is -0.343 e. The molecule has 1 aliphatic heterocycles. The van der Waals surface area contributed by atoms with E-state index in [0.717, 1.165) is 30.4 Å². The number of piperidine rings is 1. The fraction of sp³-hybridized carbons (Fsp3) is 0.412. The van der Waals surface area contributed by atoms with Gasteiger partial charge in [0.25, 0.3) is 0 Å². The zero-order valence-corrected chi connectivity index (χ0v) is 15.8. The molecule has 1 aromatic heterocycles. The van der Waals surface area contributed by atoms with Crippen molar-refractivity contribution in [3.8, 4) is 0 Å². The van der Waals surface area contributed by atoms with E-state index in [4.69, 9.17) is 4.99 Å². The largest absolute Gasteiger partial charge is 0.343 e. The number of nitrogens with zero attached hydrogens (tertiary/aromatic N) is 4. The van der Waals surface area contributed by atoms with Gasteiger partial charge in [0.15, 0.2) is 5.96 Å². The van der Waals surface area contributed by atoms with Gasteiger partial charge in [-0.1, -0.05) is 18.2 Å². The summed E-state index contributed by atoms with van der Waals surface area (Å²) in [5, 5.41) is 7.68. The monoisotopic (exact) mass is 425 g/mol. The van der Waals surface area contributed by atoms with Gasteiger partial charge >= 0.3 is 0 Å². The predicted octanol–water partition coefficient (Wildman–Crippen LogP) is 3.49. The summed E-state index contributed by atoms with van der Waals surface area (Å²) in [4.78, 5) is 7.17. The molecule has 0 radical (unpaired) electrons. The third-order valence-electron chi connectivity index (χ3n) is 4.00. The van der Waals surface area contributed by atoms with Crippen molar-refractivity contribution < 1.29 is 0 Å². The number of aliphatic imine (C=N–C) groups is 1. The molecule has 1 N–H and O–H groups in total. The molecular formula is C17H24IN5. The van der Waals surface area contributed by atoms with Crippen LogP contribution in [0.25, 0.3) is 0 Å². The lowest BCUT2D eigenvalue weighted by Crippen LogP contribution is -2.40. The molecule has 0 bridgehead atoms. The molecule has 0 spiro atoms. The number of likely N-dealkylation sites (tertiary alicyclic amines) is 1. The van der Waals surface area contributed by atoms with Crippen molar-refractivity contribution in [3.63, 3.8) is 0 Å². The van der Waals surface area contributed by atoms with E-state index in [1.54, 1.807) is 0 Å². The van der Waals surface area contributed by atoms with E-state index in [9.17, 15) is 0 Å². The van der Waals surface area contributed by atoms with Crippen LogP contribution in [0.3, 0.4) is 0 Å². The van der Waals surface area contributed by atoms with Crippen LogP contribution in [-0.2, 0) is 13.6 Å². The Morgan fingerprint density at radius 2 is 1.87 bits per heavy atom. The number of anilines is 1. The number of aryl methyl sites for hydroxylation is 1. The van der Waals surface area contributed by atoms with Gasteiger partial charge in [0.1, 0.15) is 0 Å². The van der Waals surface area contributed by atoms with Crippen molar-refractivity contribution in [2.75, 3.05) is 18.4 Å². The normalized spacial score (nSPS) is 15.2. The number of nitrogens with one attached hydrogen (secondary N) is 1. The Morgan fingerprint density at radius 3 is 2.52 bits per heavy atom. The molecule has 1 aliphatic rings. The highest BCUT2D eigenvalue weighted by atomic mass is 127. The molecule has 2 aromatic rings. The summed E-state index contributed by atoms with van der Waals surface area (Å²) >= 11 is 0. The van der Waals surface area contributed by atoms with Gasteiger partial charge < -0.3 is 10.2 Å². The van der Waals surface area contributed by atoms with Gasteiger partial charge in [-0.15, -0.1) is 24.0 Å². The Morgan fingerprint density at radius 1 is 1.13 bits per heavy atom. The third-order valence-corrected chi connectivity index (χ3v) is 4.00. The lowest BCUT2D eigenvalue weighted by Gasteiger charge is -2.30. The number of aromatic nitrogens is 2. The lowest BCUT2D eigenvalue weighted by atomic mass is 10.1. The number of halogens is 1. The summed E-state index contributed by atoms with van der Waals surface area (Å²) in [6.07, 6.45) is 5.61. The number of rotatable bonds is 3. The van der Waals surface area contributed by atoms with Crippen LogP contribution in [0.5, 0.6) is 0 Å². The molecule has 1 aromatic carbocycles. The third kappa shape index (κ3) is 4.95. The fourth-order valence-corrected chi connectivity index (χ4v) is 2.69. The Labute approximate surface area is 154 Å². The molecule has 1 fully saturated rings. The van der Waals surface area contributed by atoms with Gasteiger partial charge in [0.2, 0.25) is 0 Å². The average Bonchev–Trinajstić information content (AvgIpc) is 2.98. The summed E-state index contributed by atoms with van der Waals surface area (Å²) < 4.78 is 1.87. The quantitative estimate of drug-likeness (QED) is 0.465. The van der Waals surface area contributed by atoms with E-state index in [1.165, 1.54) is 19.3 Å². The molecule has 3 rings (SSSR count). The molecule has 0 aliphatic carbocycles. The minimum atomic E-state index is 0. The van der Waals surface area contributed by atoms with Gasteiger partial charge in [0.05, 0.1) is 12.2 Å². The molecule has 0 unspecified atom stereocenters. The van der Waals surface area contributed by atoms with Crippen molar-refractivity contribution in [2.24, 2.45) is 12.0 Å². The van der Waals surface area contributed by atoms with E-state index in [0.29, 0.717) is 6.54 Å². The highest BCUT2D eigenvalue weighted by Gasteiger charge is 2.15.